The van der Waals surface area contributed by atoms with Crippen molar-refractivity contribution in [3.63, 3.8) is 0 Å². The molecular formula is C94H127N19O21S. The average Bonchev–Trinajstić information content (AvgIpc) is 1.71. The average molecular weight is 1890 g/mol. The number of hydrogen-bond acceptors (Lipinski definition) is 22. The van der Waals surface area contributed by atoms with Gasteiger partial charge in [-0.1, -0.05) is 171 Å². The number of nitrogens with one attached hydrogen (secondary N) is 16. The number of rotatable bonds is 27. The fraction of sp³-hybridized carbons (Fsp3) is 0.468. The largest absolute Gasteiger partial charge is 0.508 e. The predicted octanol–water partition coefficient (Wildman–Crippen LogP) is -0.769. The Bertz CT molecular complexity index is 5120. The number of aromatic hydroxyl groups is 1. The van der Waals surface area contributed by atoms with E-state index < -0.39 is 252 Å². The number of benzene rings is 5. The maximum absolute atomic E-state index is 15.5. The van der Waals surface area contributed by atoms with Gasteiger partial charge in [0.15, 0.2) is 0 Å². The number of nitrogens with two attached hydrogens (primary N) is 3. The molecule has 1 aliphatic heterocycles. The van der Waals surface area contributed by atoms with Gasteiger partial charge in [0, 0.05) is 48.5 Å². The van der Waals surface area contributed by atoms with E-state index in [0.717, 1.165) is 11.1 Å². The van der Waals surface area contributed by atoms with Crippen LogP contribution in [0.3, 0.4) is 0 Å². The first-order valence-corrected chi connectivity index (χ1v) is 45.9. The molecule has 1 saturated heterocycles. The lowest BCUT2D eigenvalue weighted by Crippen LogP contribution is -2.62. The number of aliphatic hydroxyl groups is 1. The van der Waals surface area contributed by atoms with Crippen LogP contribution in [0.25, 0.3) is 22.0 Å². The lowest BCUT2D eigenvalue weighted by Gasteiger charge is -2.29. The Morgan fingerprint density at radius 1 is 0.430 bits per heavy atom. The van der Waals surface area contributed by atoms with E-state index in [1.807, 2.05) is 30.3 Å². The first kappa shape index (κ1) is 108. The maximum atomic E-state index is 15.5. The normalized spacial score (nSPS) is 23.3. The van der Waals surface area contributed by atoms with Crippen molar-refractivity contribution in [2.75, 3.05) is 24.7 Å². The second kappa shape index (κ2) is 53.2. The molecule has 17 amide bonds. The third-order valence-corrected chi connectivity index (χ3v) is 23.2. The monoisotopic (exact) mass is 1890 g/mol. The summed E-state index contributed by atoms with van der Waals surface area (Å²) in [5, 5.41) is 70.6. The standard InChI is InChI=1S/C94H127N19O21S/c1-49(2)37-65-83(123)107-69(40-56-28-32-59(33-29-56)58-23-15-12-16-24-58)90(130)113-78(51(5)6)93(133)102-64(27-19-20-36-95)82(122)100-54(10)81(121)103-71(43-75(96)116)87(127)105-66(38-50(3)4)89(129)112-79(52(7)8)94(134)110-73(46-114)91(131)111-74(92(132)99-53(9)80(97)120)47-135-48-76(117)101-67(39-55-21-13-11-14-22-55)84(124)106-68(41-57-30-34-61(115)35-31-57)85(125)109-72(44-77(118)119)88(128)108-70(86(126)104-65)42-60-45-98-63-26-18-17-25-62(60)63/h11-18,21-26,28-35,45,49-54,64-74,78-79,98,114-115H,19-20,27,36-44,46-48,95H2,1-10H3,(H2,96,116)(H2,97,120)(H,99,132)(H,100,122)(H,101,117)(H,102,133)(H,103,121)(H,104,126)(H,105,127)(H,106,124)(H,107,123)(H,108,128)(H,109,125)(H,110,134)(H,111,131)(H,112,129)(H,113,130)(H,118,119)/t53-,54+,64+,65-,66-,67-,68-,69-,70-,71-,72-,73-,74-,78-,79-/m0/s1. The summed E-state index contributed by atoms with van der Waals surface area (Å²) in [4.78, 5) is 262. The maximum Gasteiger partial charge on any atom is 0.305 e. The molecule has 0 radical (unpaired) electrons. The van der Waals surface area contributed by atoms with Crippen LogP contribution < -0.4 is 97.0 Å². The van der Waals surface area contributed by atoms with Crippen molar-refractivity contribution < 1.29 is 102 Å². The minimum atomic E-state index is -2.07. The Morgan fingerprint density at radius 3 is 1.34 bits per heavy atom. The molecule has 730 valence electrons. The molecule has 6 aromatic rings. The summed E-state index contributed by atoms with van der Waals surface area (Å²) in [7, 11) is 0. The molecule has 0 spiro atoms. The second-order valence-electron chi connectivity index (χ2n) is 35.0. The van der Waals surface area contributed by atoms with Gasteiger partial charge in [-0.15, -0.1) is 11.8 Å². The van der Waals surface area contributed by atoms with Crippen molar-refractivity contribution in [1.82, 2.24) is 84.7 Å². The molecule has 1 aromatic heterocycles. The molecule has 135 heavy (non-hydrogen) atoms. The number of carbonyl (C=O) groups excluding carboxylic acids is 17. The van der Waals surface area contributed by atoms with Crippen molar-refractivity contribution in [2.45, 2.75) is 230 Å². The van der Waals surface area contributed by atoms with Crippen molar-refractivity contribution in [1.29, 1.82) is 0 Å². The molecule has 0 saturated carbocycles. The van der Waals surface area contributed by atoms with E-state index in [-0.39, 0.29) is 63.2 Å². The van der Waals surface area contributed by atoms with E-state index in [1.54, 1.807) is 127 Å². The zero-order valence-electron chi connectivity index (χ0n) is 77.2. The minimum Gasteiger partial charge on any atom is -0.508 e. The molecule has 2 heterocycles. The number of primary amides is 2. The Morgan fingerprint density at radius 2 is 0.837 bits per heavy atom. The number of aliphatic carboxylic acids is 1. The zero-order chi connectivity index (χ0) is 99.4. The Labute approximate surface area is 786 Å². The van der Waals surface area contributed by atoms with E-state index in [1.165, 1.54) is 52.0 Å². The topological polar surface area (TPSA) is 642 Å². The van der Waals surface area contributed by atoms with Crippen LogP contribution in [-0.2, 0) is 112 Å². The van der Waals surface area contributed by atoms with Gasteiger partial charge in [-0.2, -0.15) is 0 Å². The lowest BCUT2D eigenvalue weighted by atomic mass is 9.97. The van der Waals surface area contributed by atoms with Gasteiger partial charge >= 0.3 is 5.97 Å². The summed E-state index contributed by atoms with van der Waals surface area (Å²) in [5.41, 5.74) is 20.9. The van der Waals surface area contributed by atoms with Crippen LogP contribution in [0, 0.1) is 23.7 Å². The van der Waals surface area contributed by atoms with Gasteiger partial charge in [0.1, 0.15) is 96.4 Å². The molecule has 5 aromatic carbocycles. The number of fused-ring (bicyclic) bond motifs is 1. The van der Waals surface area contributed by atoms with Crippen molar-refractivity contribution in [3.05, 3.63) is 162 Å². The van der Waals surface area contributed by atoms with E-state index in [4.69, 9.17) is 17.2 Å². The number of para-hydroxylation sites is 1. The van der Waals surface area contributed by atoms with Gasteiger partial charge in [0.05, 0.1) is 25.2 Å². The van der Waals surface area contributed by atoms with E-state index >= 15 is 28.8 Å². The highest BCUT2D eigenvalue weighted by atomic mass is 32.2. The van der Waals surface area contributed by atoms with Crippen LogP contribution in [0.5, 0.6) is 5.75 Å². The number of amides is 17. The molecule has 15 atom stereocenters. The van der Waals surface area contributed by atoms with E-state index in [9.17, 15) is 72.9 Å². The second-order valence-corrected chi connectivity index (χ2v) is 36.0. The van der Waals surface area contributed by atoms with Crippen LogP contribution >= 0.6 is 11.8 Å². The summed E-state index contributed by atoms with van der Waals surface area (Å²) in [6.45, 7) is 14.5. The predicted molar refractivity (Wildman–Crippen MR) is 501 cm³/mol. The number of carbonyl (C=O) groups is 18. The fourth-order valence-corrected chi connectivity index (χ4v) is 15.5. The summed E-state index contributed by atoms with van der Waals surface area (Å²) in [6, 6.07) is 12.2. The Kier molecular flexibility index (Phi) is 42.6. The lowest BCUT2D eigenvalue weighted by molar-refractivity contribution is -0.141. The zero-order valence-corrected chi connectivity index (χ0v) is 78.0. The molecule has 40 nitrogen and oxygen atoms in total. The Hall–Kier alpha value is -13.8. The highest BCUT2D eigenvalue weighted by Gasteiger charge is 2.41. The number of aliphatic hydroxyl groups excluding tert-OH is 1. The van der Waals surface area contributed by atoms with E-state index in [2.05, 4.69) is 84.7 Å². The number of phenols is 1. The number of H-pyrrole nitrogens is 1. The quantitative estimate of drug-likeness (QED) is 0.0282. The van der Waals surface area contributed by atoms with Gasteiger partial charge in [0.2, 0.25) is 100 Å². The molecule has 7 rings (SSSR count). The molecule has 1 aliphatic rings. The highest BCUT2D eigenvalue weighted by Crippen LogP contribution is 2.24. The summed E-state index contributed by atoms with van der Waals surface area (Å²) >= 11 is 0.700. The molecule has 0 aliphatic carbocycles. The smallest absolute Gasteiger partial charge is 0.305 e. The van der Waals surface area contributed by atoms with Gasteiger partial charge < -0.3 is 117 Å². The van der Waals surface area contributed by atoms with Gasteiger partial charge in [-0.25, -0.2) is 0 Å². The first-order chi connectivity index (χ1) is 64.0. The van der Waals surface area contributed by atoms with Crippen molar-refractivity contribution in [2.24, 2.45) is 40.9 Å². The molecule has 0 bridgehead atoms. The number of phenolic OH excluding ortho intramolecular Hbond substituents is 1. The minimum absolute atomic E-state index is 0.0963. The number of carboxylic acids is 1. The summed E-state index contributed by atoms with van der Waals surface area (Å²) in [5.74, 6) is -23.1. The van der Waals surface area contributed by atoms with Gasteiger partial charge in [-0.3, -0.25) is 86.3 Å². The third kappa shape index (κ3) is 34.9. The number of aromatic amines is 1. The number of hydrogen-bond donors (Lipinski definition) is 22. The molecule has 0 unspecified atom stereocenters. The highest BCUT2D eigenvalue weighted by molar-refractivity contribution is 8.00. The summed E-state index contributed by atoms with van der Waals surface area (Å²) in [6.07, 6.45) is -1.56. The van der Waals surface area contributed by atoms with Crippen molar-refractivity contribution >= 4 is 129 Å². The van der Waals surface area contributed by atoms with Crippen molar-refractivity contribution in [3.8, 4) is 16.9 Å². The van der Waals surface area contributed by atoms with Crippen LogP contribution in [0.1, 0.15) is 136 Å². The molecular weight excluding hydrogens is 1760 g/mol. The van der Waals surface area contributed by atoms with E-state index in [0.29, 0.717) is 51.3 Å². The van der Waals surface area contributed by atoms with Crippen LogP contribution in [0.2, 0.25) is 0 Å². The SMILES string of the molecule is CC(C)C[C@@H]1NC(=O)[C@H](Cc2c[nH]c3ccccc23)NC(=O)[C@H](CC(=O)O)NC(=O)[C@H](Cc2ccc(O)cc2)NC(=O)[C@H](Cc2ccccc2)NC(=O)CSC[C@@H](C(=O)N[C@@H](C)C(N)=O)NC(=O)[C@H](CO)NC(=O)[C@H](C(C)C)NC(=O)[C@H](CC(C)C)NC(=O)[C@H](CC(N)=O)NC(=O)[C@@H](C)NC(=O)[C@@H](CCCCN)NC(=O)[C@H](C(C)C)NC(=O)[C@H](Cc2ccc(-c3ccccc3)cc2)NC1=O. The first-order valence-electron chi connectivity index (χ1n) is 44.8. The van der Waals surface area contributed by atoms with Gasteiger partial charge in [-0.05, 0) is 128 Å². The molecule has 25 N–H and O–H groups in total. The summed E-state index contributed by atoms with van der Waals surface area (Å²) < 4.78 is 0. The Balaban J connectivity index is 1.32. The number of carboxylic acid groups (broad SMARTS) is 1. The third-order valence-electron chi connectivity index (χ3n) is 22.1. The fourth-order valence-electron chi connectivity index (χ4n) is 14.7. The molecule has 1 fully saturated rings. The van der Waals surface area contributed by atoms with Gasteiger partial charge in [0.25, 0.3) is 0 Å². The molecule has 41 heteroatoms. The number of unbranched alkanes of at least 4 members (excludes halogenated alkanes) is 1. The number of aromatic nitrogens is 1. The van der Waals surface area contributed by atoms with Crippen LogP contribution in [-0.4, -0.2) is 242 Å². The number of thioether (sulfide) groups is 1. The van der Waals surface area contributed by atoms with Crippen LogP contribution in [0.4, 0.5) is 0 Å². The van der Waals surface area contributed by atoms with Crippen LogP contribution in [0.15, 0.2) is 140 Å².